The second kappa shape index (κ2) is 24.5. The summed E-state index contributed by atoms with van der Waals surface area (Å²) in [6.07, 6.45) is 16.7. The topological polar surface area (TPSA) is 85.2 Å². The maximum absolute atomic E-state index is 16.0. The number of hydrogen-bond donors (Lipinski definition) is 2. The van der Waals surface area contributed by atoms with Crippen molar-refractivity contribution in [1.82, 2.24) is 0 Å². The summed E-state index contributed by atoms with van der Waals surface area (Å²) in [6.45, 7) is 12.9. The SMILES string of the molecule is C=C(C)C(=O)OCCCc1cc(-c2ccc(-c3ccc(C4CCC(CCCCC)CC4)cc3F)cc2CC)cc(CCCOC)c1OCCC(CO)(CO)CCCC. The molecule has 1 aliphatic rings. The van der Waals surface area contributed by atoms with E-state index in [0.29, 0.717) is 49.5 Å². The molecule has 4 rings (SSSR count). The Morgan fingerprint density at radius 3 is 2.03 bits per heavy atom. The summed E-state index contributed by atoms with van der Waals surface area (Å²) in [5.74, 6) is 1.50. The molecular weight excluding hydrogens is 728 g/mol. The highest BCUT2D eigenvalue weighted by Gasteiger charge is 2.29. The van der Waals surface area contributed by atoms with Gasteiger partial charge >= 0.3 is 5.97 Å². The molecule has 1 aliphatic carbocycles. The summed E-state index contributed by atoms with van der Waals surface area (Å²) in [6, 6.07) is 16.6. The lowest BCUT2D eigenvalue weighted by Gasteiger charge is -2.30. The molecular formula is C51H73FO6. The van der Waals surface area contributed by atoms with E-state index in [2.05, 4.69) is 57.7 Å². The molecule has 58 heavy (non-hydrogen) atoms. The Labute approximate surface area is 349 Å². The minimum Gasteiger partial charge on any atom is -0.493 e. The van der Waals surface area contributed by atoms with Gasteiger partial charge in [0.2, 0.25) is 0 Å². The van der Waals surface area contributed by atoms with Crippen LogP contribution in [-0.4, -0.2) is 56.3 Å². The van der Waals surface area contributed by atoms with Crippen molar-refractivity contribution in [2.24, 2.45) is 11.3 Å². The van der Waals surface area contributed by atoms with Crippen LogP contribution in [0.15, 0.2) is 60.7 Å². The van der Waals surface area contributed by atoms with Crippen LogP contribution in [0.1, 0.15) is 146 Å². The number of aliphatic hydroxyl groups is 2. The lowest BCUT2D eigenvalue weighted by molar-refractivity contribution is -0.139. The Morgan fingerprint density at radius 1 is 0.776 bits per heavy atom. The third-order valence-electron chi connectivity index (χ3n) is 12.5. The number of rotatable bonds is 26. The van der Waals surface area contributed by atoms with Crippen molar-refractivity contribution in [1.29, 1.82) is 0 Å². The van der Waals surface area contributed by atoms with Crippen molar-refractivity contribution < 1.29 is 33.6 Å². The van der Waals surface area contributed by atoms with Crippen LogP contribution in [0.25, 0.3) is 22.3 Å². The van der Waals surface area contributed by atoms with Crippen LogP contribution in [0, 0.1) is 17.2 Å². The molecule has 0 atom stereocenters. The number of carbonyl (C=O) groups is 1. The number of esters is 1. The van der Waals surface area contributed by atoms with Crippen LogP contribution in [0.3, 0.4) is 0 Å². The zero-order valence-corrected chi connectivity index (χ0v) is 36.4. The predicted molar refractivity (Wildman–Crippen MR) is 236 cm³/mol. The Hall–Kier alpha value is -3.52. The molecule has 6 nitrogen and oxygen atoms in total. The normalized spacial score (nSPS) is 15.7. The van der Waals surface area contributed by atoms with Crippen LogP contribution in [0.5, 0.6) is 5.75 Å². The Bertz CT molecular complexity index is 1720. The molecule has 0 saturated heterocycles. The first-order valence-electron chi connectivity index (χ1n) is 22.4. The van der Waals surface area contributed by atoms with E-state index in [1.165, 1.54) is 38.5 Å². The van der Waals surface area contributed by atoms with E-state index in [1.54, 1.807) is 20.1 Å². The first kappa shape index (κ1) is 47.2. The average Bonchev–Trinajstić information content (AvgIpc) is 3.24. The Balaban J connectivity index is 1.64. The summed E-state index contributed by atoms with van der Waals surface area (Å²) in [5, 5.41) is 20.6. The van der Waals surface area contributed by atoms with Gasteiger partial charge in [-0.15, -0.1) is 0 Å². The minimum absolute atomic E-state index is 0.0998. The van der Waals surface area contributed by atoms with E-state index in [4.69, 9.17) is 14.2 Å². The smallest absolute Gasteiger partial charge is 0.333 e. The second-order valence-corrected chi connectivity index (χ2v) is 16.9. The van der Waals surface area contributed by atoms with Crippen molar-refractivity contribution >= 4 is 5.97 Å². The van der Waals surface area contributed by atoms with Gasteiger partial charge in [0.25, 0.3) is 0 Å². The first-order chi connectivity index (χ1) is 28.1. The van der Waals surface area contributed by atoms with Crippen molar-refractivity contribution in [2.45, 2.75) is 143 Å². The first-order valence-corrected chi connectivity index (χ1v) is 22.4. The highest BCUT2D eigenvalue weighted by atomic mass is 19.1. The highest BCUT2D eigenvalue weighted by Crippen LogP contribution is 2.41. The number of hydrogen-bond acceptors (Lipinski definition) is 6. The molecule has 320 valence electrons. The van der Waals surface area contributed by atoms with E-state index >= 15 is 4.39 Å². The standard InChI is InChI=1S/C51H73FO6/c1-7-10-12-15-38-18-20-40(21-19-38)41-22-25-47(48(52)34-41)42-23-24-46(39(9-3)31-42)45-32-43(16-13-28-56-6)49(44(33-45)17-14-29-58-50(55)37(4)5)57-30-27-51(35-53,36-54)26-11-8-2/h22-25,31-34,38,40,53-54H,4,7-21,26-30,35-36H2,1-3,5-6H3. The molecule has 0 unspecified atom stereocenters. The highest BCUT2D eigenvalue weighted by molar-refractivity contribution is 5.86. The number of unbranched alkanes of at least 4 members (excludes halogenated alkanes) is 3. The molecule has 0 aliphatic heterocycles. The van der Waals surface area contributed by atoms with Crippen molar-refractivity contribution in [3.63, 3.8) is 0 Å². The van der Waals surface area contributed by atoms with E-state index in [9.17, 15) is 15.0 Å². The fourth-order valence-electron chi connectivity index (χ4n) is 8.66. The molecule has 1 saturated carbocycles. The fourth-order valence-corrected chi connectivity index (χ4v) is 8.66. The number of carbonyl (C=O) groups excluding carboxylic acids is 1. The summed E-state index contributed by atoms with van der Waals surface area (Å²) >= 11 is 0. The molecule has 3 aromatic rings. The number of ether oxygens (including phenoxy) is 3. The molecule has 2 N–H and O–H groups in total. The average molecular weight is 801 g/mol. The van der Waals surface area contributed by atoms with Crippen LogP contribution in [0.2, 0.25) is 0 Å². The van der Waals surface area contributed by atoms with Gasteiger partial charge in [-0.05, 0) is 147 Å². The molecule has 0 radical (unpaired) electrons. The van der Waals surface area contributed by atoms with Crippen molar-refractivity contribution in [3.8, 4) is 28.0 Å². The van der Waals surface area contributed by atoms with Crippen LogP contribution < -0.4 is 4.74 Å². The number of benzene rings is 3. The van der Waals surface area contributed by atoms with Gasteiger partial charge in [-0.2, -0.15) is 0 Å². The van der Waals surface area contributed by atoms with E-state index in [0.717, 1.165) is 102 Å². The van der Waals surface area contributed by atoms with Crippen LogP contribution in [0.4, 0.5) is 4.39 Å². The summed E-state index contributed by atoms with van der Waals surface area (Å²) in [7, 11) is 1.71. The zero-order chi connectivity index (χ0) is 41.9. The van der Waals surface area contributed by atoms with Gasteiger partial charge in [-0.1, -0.05) is 96.2 Å². The summed E-state index contributed by atoms with van der Waals surface area (Å²) in [5.41, 5.74) is 7.74. The number of methoxy groups -OCH3 is 1. The quantitative estimate of drug-likeness (QED) is 0.0478. The number of aliphatic hydroxyl groups excluding tert-OH is 2. The second-order valence-electron chi connectivity index (χ2n) is 16.9. The van der Waals surface area contributed by atoms with Gasteiger partial charge in [0, 0.05) is 30.3 Å². The van der Waals surface area contributed by atoms with Gasteiger partial charge in [0.1, 0.15) is 11.6 Å². The third kappa shape index (κ3) is 13.5. The molecule has 0 amide bonds. The van der Waals surface area contributed by atoms with Gasteiger partial charge < -0.3 is 24.4 Å². The summed E-state index contributed by atoms with van der Waals surface area (Å²) < 4.78 is 33.5. The summed E-state index contributed by atoms with van der Waals surface area (Å²) in [4.78, 5) is 12.2. The number of halogens is 1. The van der Waals surface area contributed by atoms with Gasteiger partial charge in [0.05, 0.1) is 26.4 Å². The van der Waals surface area contributed by atoms with Crippen molar-refractivity contribution in [3.05, 3.63) is 88.8 Å². The molecule has 0 aromatic heterocycles. The molecule has 0 heterocycles. The Morgan fingerprint density at radius 2 is 1.43 bits per heavy atom. The monoisotopic (exact) mass is 801 g/mol. The van der Waals surface area contributed by atoms with Gasteiger partial charge in [-0.3, -0.25) is 0 Å². The van der Waals surface area contributed by atoms with Gasteiger partial charge in [0.15, 0.2) is 0 Å². The third-order valence-corrected chi connectivity index (χ3v) is 12.5. The lowest BCUT2D eigenvalue weighted by atomic mass is 9.77. The van der Waals surface area contributed by atoms with E-state index in [1.807, 2.05) is 12.1 Å². The number of aryl methyl sites for hydroxylation is 3. The zero-order valence-electron chi connectivity index (χ0n) is 36.4. The lowest BCUT2D eigenvalue weighted by Crippen LogP contribution is -2.32. The van der Waals surface area contributed by atoms with E-state index < -0.39 is 11.4 Å². The molecule has 0 bridgehead atoms. The maximum atomic E-state index is 16.0. The molecule has 0 spiro atoms. The maximum Gasteiger partial charge on any atom is 0.333 e. The van der Waals surface area contributed by atoms with Crippen molar-refractivity contribution in [2.75, 3.05) is 40.1 Å². The fraction of sp³-hybridized carbons (Fsp3) is 0.588. The van der Waals surface area contributed by atoms with Crippen LogP contribution in [-0.2, 0) is 33.5 Å². The predicted octanol–water partition coefficient (Wildman–Crippen LogP) is 12.1. The van der Waals surface area contributed by atoms with Gasteiger partial charge in [-0.25, -0.2) is 9.18 Å². The Kier molecular flexibility index (Phi) is 20.0. The van der Waals surface area contributed by atoms with E-state index in [-0.39, 0.29) is 25.6 Å². The molecule has 1 fully saturated rings. The van der Waals surface area contributed by atoms with Crippen LogP contribution >= 0.6 is 0 Å². The minimum atomic E-state index is -0.603. The largest absolute Gasteiger partial charge is 0.493 e. The molecule has 3 aromatic carbocycles. The molecule has 7 heteroatoms.